The Labute approximate surface area is 139 Å². The number of pyridine rings is 1. The van der Waals surface area contributed by atoms with E-state index in [2.05, 4.69) is 16.4 Å². The van der Waals surface area contributed by atoms with Crippen molar-refractivity contribution in [3.8, 4) is 6.07 Å². The van der Waals surface area contributed by atoms with Gasteiger partial charge in [0, 0.05) is 11.4 Å². The zero-order valence-electron chi connectivity index (χ0n) is 12.7. The van der Waals surface area contributed by atoms with E-state index < -0.39 is 0 Å². The van der Waals surface area contributed by atoms with Gasteiger partial charge in [-0.15, -0.1) is 0 Å². The van der Waals surface area contributed by atoms with Crippen molar-refractivity contribution < 1.29 is 4.79 Å². The molecule has 1 N–H and O–H groups in total. The maximum atomic E-state index is 12.0. The van der Waals surface area contributed by atoms with Crippen molar-refractivity contribution >= 4 is 23.4 Å². The van der Waals surface area contributed by atoms with E-state index in [4.69, 9.17) is 0 Å². The number of hydrogen-bond donors (Lipinski definition) is 1. The summed E-state index contributed by atoms with van der Waals surface area (Å²) in [7, 11) is 0. The summed E-state index contributed by atoms with van der Waals surface area (Å²) >= 11 is 1.33. The lowest BCUT2D eigenvalue weighted by Crippen LogP contribution is -2.14. The Morgan fingerprint density at radius 2 is 2.04 bits per heavy atom. The fraction of sp³-hybridized carbons (Fsp3) is 0.278. The van der Waals surface area contributed by atoms with Gasteiger partial charge in [-0.25, -0.2) is 4.98 Å². The number of nitrogens with zero attached hydrogens (tertiary/aromatic N) is 2. The molecule has 23 heavy (non-hydrogen) atoms. The number of amides is 1. The number of para-hydroxylation sites is 1. The number of carbonyl (C=O) groups excluding carboxylic acids is 1. The van der Waals surface area contributed by atoms with E-state index in [9.17, 15) is 10.1 Å². The molecule has 116 valence electrons. The standard InChI is InChI=1S/C18H17N3OS/c19-11-14-10-13-6-4-5-9-16(13)21-18(14)23-12-17(22)20-15-7-2-1-3-8-15/h1-3,7-8,10H,4-6,9,12H2,(H,20,22). The predicted molar refractivity (Wildman–Crippen MR) is 91.4 cm³/mol. The molecule has 0 spiro atoms. The van der Waals surface area contributed by atoms with Gasteiger partial charge in [0.25, 0.3) is 0 Å². The lowest BCUT2D eigenvalue weighted by molar-refractivity contribution is -0.113. The number of thioether (sulfide) groups is 1. The minimum Gasteiger partial charge on any atom is -0.325 e. The summed E-state index contributed by atoms with van der Waals surface area (Å²) in [6.07, 6.45) is 4.26. The van der Waals surface area contributed by atoms with Crippen molar-refractivity contribution in [1.29, 1.82) is 5.26 Å². The van der Waals surface area contributed by atoms with Gasteiger partial charge in [0.1, 0.15) is 11.1 Å². The van der Waals surface area contributed by atoms with Crippen molar-refractivity contribution in [3.63, 3.8) is 0 Å². The fourth-order valence-electron chi connectivity index (χ4n) is 2.66. The molecule has 1 heterocycles. The van der Waals surface area contributed by atoms with Crippen LogP contribution in [-0.2, 0) is 17.6 Å². The Morgan fingerprint density at radius 3 is 2.83 bits per heavy atom. The minimum atomic E-state index is -0.0930. The second kappa shape index (κ2) is 7.30. The highest BCUT2D eigenvalue weighted by Gasteiger charge is 2.16. The third-order valence-corrected chi connectivity index (χ3v) is 4.77. The van der Waals surface area contributed by atoms with Crippen LogP contribution in [0, 0.1) is 11.3 Å². The summed E-state index contributed by atoms with van der Waals surface area (Å²) in [5, 5.41) is 12.8. The summed E-state index contributed by atoms with van der Waals surface area (Å²) in [4.78, 5) is 16.7. The van der Waals surface area contributed by atoms with Gasteiger partial charge in [-0.05, 0) is 49.4 Å². The first-order chi connectivity index (χ1) is 11.3. The molecule has 4 nitrogen and oxygen atoms in total. The van der Waals surface area contributed by atoms with Gasteiger partial charge in [0.05, 0.1) is 11.3 Å². The number of hydrogen-bond acceptors (Lipinski definition) is 4. The van der Waals surface area contributed by atoms with E-state index in [1.807, 2.05) is 36.4 Å². The molecule has 5 heteroatoms. The monoisotopic (exact) mass is 323 g/mol. The van der Waals surface area contributed by atoms with E-state index in [1.54, 1.807) is 0 Å². The zero-order chi connectivity index (χ0) is 16.1. The maximum Gasteiger partial charge on any atom is 0.234 e. The van der Waals surface area contributed by atoms with E-state index in [0.29, 0.717) is 10.6 Å². The molecule has 2 aromatic rings. The summed E-state index contributed by atoms with van der Waals surface area (Å²) in [5.74, 6) is 0.152. The molecular formula is C18H17N3OS. The molecule has 1 aromatic carbocycles. The van der Waals surface area contributed by atoms with Crippen LogP contribution in [-0.4, -0.2) is 16.6 Å². The van der Waals surface area contributed by atoms with E-state index in [1.165, 1.54) is 17.3 Å². The number of nitriles is 1. The Bertz CT molecular complexity index is 753. The molecule has 0 aliphatic heterocycles. The van der Waals surface area contributed by atoms with Crippen molar-refractivity contribution in [1.82, 2.24) is 4.98 Å². The summed E-state index contributed by atoms with van der Waals surface area (Å²) in [6, 6.07) is 13.5. The minimum absolute atomic E-state index is 0.0930. The van der Waals surface area contributed by atoms with Crippen molar-refractivity contribution in [2.24, 2.45) is 0 Å². The lowest BCUT2D eigenvalue weighted by Gasteiger charge is -2.16. The third kappa shape index (κ3) is 3.91. The van der Waals surface area contributed by atoms with Gasteiger partial charge in [0.2, 0.25) is 5.91 Å². The highest BCUT2D eigenvalue weighted by atomic mass is 32.2. The molecule has 0 bridgehead atoms. The molecular weight excluding hydrogens is 306 g/mol. The van der Waals surface area contributed by atoms with E-state index in [-0.39, 0.29) is 11.7 Å². The van der Waals surface area contributed by atoms with Crippen molar-refractivity contribution in [3.05, 3.63) is 53.2 Å². The topological polar surface area (TPSA) is 65.8 Å². The van der Waals surface area contributed by atoms with Gasteiger partial charge in [0.15, 0.2) is 0 Å². The van der Waals surface area contributed by atoms with Crippen LogP contribution >= 0.6 is 11.8 Å². The Morgan fingerprint density at radius 1 is 1.26 bits per heavy atom. The number of nitrogens with one attached hydrogen (secondary N) is 1. The Hall–Kier alpha value is -2.32. The number of carbonyl (C=O) groups is 1. The number of rotatable bonds is 4. The molecule has 0 saturated heterocycles. The van der Waals surface area contributed by atoms with Crippen LogP contribution in [0.1, 0.15) is 29.7 Å². The third-order valence-electron chi connectivity index (χ3n) is 3.78. The fourth-order valence-corrected chi connectivity index (χ4v) is 3.43. The first kappa shape index (κ1) is 15.6. The second-order valence-corrected chi connectivity index (χ2v) is 6.43. The SMILES string of the molecule is N#Cc1cc2c(nc1SCC(=O)Nc1ccccc1)CCCC2. The van der Waals surface area contributed by atoms with Crippen LogP contribution in [0.25, 0.3) is 0 Å². The summed E-state index contributed by atoms with van der Waals surface area (Å²) in [6.45, 7) is 0. The van der Waals surface area contributed by atoms with Crippen LogP contribution in [0.3, 0.4) is 0 Å². The highest BCUT2D eigenvalue weighted by Crippen LogP contribution is 2.27. The number of fused-ring (bicyclic) bond motifs is 1. The largest absolute Gasteiger partial charge is 0.325 e. The number of anilines is 1. The maximum absolute atomic E-state index is 12.0. The Balaban J connectivity index is 1.68. The van der Waals surface area contributed by atoms with E-state index >= 15 is 0 Å². The van der Waals surface area contributed by atoms with Crippen molar-refractivity contribution in [2.75, 3.05) is 11.1 Å². The molecule has 1 aliphatic carbocycles. The van der Waals surface area contributed by atoms with Crippen molar-refractivity contribution in [2.45, 2.75) is 30.7 Å². The summed E-state index contributed by atoms with van der Waals surface area (Å²) < 4.78 is 0. The first-order valence-electron chi connectivity index (χ1n) is 7.67. The number of aromatic nitrogens is 1. The molecule has 3 rings (SSSR count). The quantitative estimate of drug-likeness (QED) is 0.874. The molecule has 1 aromatic heterocycles. The van der Waals surface area contributed by atoms with Gasteiger partial charge >= 0.3 is 0 Å². The predicted octanol–water partition coefficient (Wildman–Crippen LogP) is 3.56. The second-order valence-electron chi connectivity index (χ2n) is 5.47. The van der Waals surface area contributed by atoms with Crippen LogP contribution in [0.4, 0.5) is 5.69 Å². The molecule has 0 radical (unpaired) electrons. The normalized spacial score (nSPS) is 13.0. The van der Waals surface area contributed by atoms with Crippen LogP contribution in [0.2, 0.25) is 0 Å². The van der Waals surface area contributed by atoms with Gasteiger partial charge in [-0.1, -0.05) is 30.0 Å². The van der Waals surface area contributed by atoms with Crippen LogP contribution in [0.5, 0.6) is 0 Å². The molecule has 0 unspecified atom stereocenters. The first-order valence-corrected chi connectivity index (χ1v) is 8.65. The van der Waals surface area contributed by atoms with E-state index in [0.717, 1.165) is 37.1 Å². The van der Waals surface area contributed by atoms with Crippen LogP contribution < -0.4 is 5.32 Å². The number of benzene rings is 1. The Kier molecular flexibility index (Phi) is 4.94. The molecule has 0 atom stereocenters. The van der Waals surface area contributed by atoms with Gasteiger partial charge in [-0.2, -0.15) is 5.26 Å². The van der Waals surface area contributed by atoms with Gasteiger partial charge < -0.3 is 5.32 Å². The lowest BCUT2D eigenvalue weighted by atomic mass is 9.95. The molecule has 1 aliphatic rings. The van der Waals surface area contributed by atoms with Gasteiger partial charge in [-0.3, -0.25) is 4.79 Å². The highest BCUT2D eigenvalue weighted by molar-refractivity contribution is 8.00. The number of aryl methyl sites for hydroxylation is 2. The molecule has 0 saturated carbocycles. The average molecular weight is 323 g/mol. The smallest absolute Gasteiger partial charge is 0.234 e. The van der Waals surface area contributed by atoms with Crippen LogP contribution in [0.15, 0.2) is 41.4 Å². The zero-order valence-corrected chi connectivity index (χ0v) is 13.5. The average Bonchev–Trinajstić information content (AvgIpc) is 2.60. The summed E-state index contributed by atoms with van der Waals surface area (Å²) in [5.41, 5.74) is 3.62. The molecule has 1 amide bonds. The molecule has 0 fully saturated rings.